The highest BCUT2D eigenvalue weighted by atomic mass is 16.1. The number of aryl methyl sites for hydroxylation is 1. The van der Waals surface area contributed by atoms with Gasteiger partial charge in [0.2, 0.25) is 0 Å². The molecule has 0 unspecified atom stereocenters. The molecule has 0 spiro atoms. The second-order valence-corrected chi connectivity index (χ2v) is 3.86. The van der Waals surface area contributed by atoms with E-state index in [1.807, 2.05) is 13.8 Å². The van der Waals surface area contributed by atoms with E-state index in [1.165, 1.54) is 23.2 Å². The highest BCUT2D eigenvalue weighted by Gasteiger charge is 2.16. The quantitative estimate of drug-likeness (QED) is 0.720. The van der Waals surface area contributed by atoms with E-state index < -0.39 is 5.41 Å². The zero-order chi connectivity index (χ0) is 10.6. The molecule has 0 amide bonds. The van der Waals surface area contributed by atoms with Gasteiger partial charge in [-0.3, -0.25) is 9.36 Å². The molecule has 1 heterocycles. The van der Waals surface area contributed by atoms with Crippen molar-refractivity contribution in [2.45, 2.75) is 26.8 Å². The van der Waals surface area contributed by atoms with Crippen molar-refractivity contribution in [1.29, 1.82) is 5.26 Å². The molecule has 0 saturated heterocycles. The summed E-state index contributed by atoms with van der Waals surface area (Å²) in [4.78, 5) is 15.1. The largest absolute Gasteiger partial charge is 0.299 e. The molecule has 4 heteroatoms. The molecule has 0 N–H and O–H groups in total. The fraction of sp³-hybridized carbons (Fsp3) is 0.500. The molecule has 0 radical (unpaired) electrons. The number of hydrogen-bond acceptors (Lipinski definition) is 3. The van der Waals surface area contributed by atoms with Gasteiger partial charge in [0.25, 0.3) is 5.56 Å². The van der Waals surface area contributed by atoms with Crippen LogP contribution >= 0.6 is 0 Å². The predicted molar refractivity (Wildman–Crippen MR) is 52.5 cm³/mol. The van der Waals surface area contributed by atoms with Gasteiger partial charge < -0.3 is 0 Å². The molecule has 0 bridgehead atoms. The third-order valence-corrected chi connectivity index (χ3v) is 2.07. The minimum atomic E-state index is -0.394. The maximum absolute atomic E-state index is 11.3. The van der Waals surface area contributed by atoms with Crippen molar-refractivity contribution >= 4 is 0 Å². The van der Waals surface area contributed by atoms with Gasteiger partial charge in [0, 0.05) is 18.8 Å². The molecule has 0 aliphatic heterocycles. The summed E-state index contributed by atoms with van der Waals surface area (Å²) in [6, 6.07) is 3.61. The Labute approximate surface area is 82.8 Å². The van der Waals surface area contributed by atoms with Gasteiger partial charge in [0.05, 0.1) is 17.8 Å². The molecule has 0 aliphatic rings. The maximum Gasteiger partial charge on any atom is 0.253 e. The SMILES string of the molecule is CC(C)(C#N)CCn1cnccc1=O. The van der Waals surface area contributed by atoms with Crippen LogP contribution in [0.4, 0.5) is 0 Å². The molecule has 0 atom stereocenters. The van der Waals surface area contributed by atoms with Crippen molar-refractivity contribution in [3.63, 3.8) is 0 Å². The first-order valence-electron chi connectivity index (χ1n) is 4.47. The molecular formula is C10H13N3O. The zero-order valence-corrected chi connectivity index (χ0v) is 8.40. The number of hydrogen-bond donors (Lipinski definition) is 0. The van der Waals surface area contributed by atoms with E-state index in [4.69, 9.17) is 5.26 Å². The second-order valence-electron chi connectivity index (χ2n) is 3.86. The Kier molecular flexibility index (Phi) is 3.03. The predicted octanol–water partition coefficient (Wildman–Crippen LogP) is 1.18. The summed E-state index contributed by atoms with van der Waals surface area (Å²) in [6.45, 7) is 4.25. The topological polar surface area (TPSA) is 58.7 Å². The lowest BCUT2D eigenvalue weighted by Crippen LogP contribution is -2.22. The summed E-state index contributed by atoms with van der Waals surface area (Å²) in [5.74, 6) is 0. The normalized spacial score (nSPS) is 10.9. The monoisotopic (exact) mass is 191 g/mol. The first-order valence-corrected chi connectivity index (χ1v) is 4.47. The molecule has 4 nitrogen and oxygen atoms in total. The highest BCUT2D eigenvalue weighted by Crippen LogP contribution is 2.18. The van der Waals surface area contributed by atoms with E-state index >= 15 is 0 Å². The fourth-order valence-electron chi connectivity index (χ4n) is 1.00. The lowest BCUT2D eigenvalue weighted by molar-refractivity contribution is 0.407. The van der Waals surface area contributed by atoms with E-state index in [-0.39, 0.29) is 5.56 Å². The van der Waals surface area contributed by atoms with Crippen LogP contribution in [0.2, 0.25) is 0 Å². The molecule has 14 heavy (non-hydrogen) atoms. The van der Waals surface area contributed by atoms with Crippen LogP contribution in [-0.4, -0.2) is 9.55 Å². The standard InChI is InChI=1S/C10H13N3O/c1-10(2,7-11)4-6-13-8-12-5-3-9(13)14/h3,5,8H,4,6H2,1-2H3. The van der Waals surface area contributed by atoms with Gasteiger partial charge in [-0.25, -0.2) is 4.98 Å². The summed E-state index contributed by atoms with van der Waals surface area (Å²) in [5.41, 5.74) is -0.469. The Balaban J connectivity index is 2.69. The minimum Gasteiger partial charge on any atom is -0.299 e. The van der Waals surface area contributed by atoms with Crippen molar-refractivity contribution in [3.8, 4) is 6.07 Å². The summed E-state index contributed by atoms with van der Waals surface area (Å²) >= 11 is 0. The first-order chi connectivity index (χ1) is 6.55. The number of nitriles is 1. The molecule has 1 aromatic rings. The summed E-state index contributed by atoms with van der Waals surface area (Å²) < 4.78 is 1.51. The summed E-state index contributed by atoms with van der Waals surface area (Å²) in [5, 5.41) is 8.79. The third-order valence-electron chi connectivity index (χ3n) is 2.07. The van der Waals surface area contributed by atoms with Gasteiger partial charge in [-0.1, -0.05) is 0 Å². The molecule has 1 aromatic heterocycles. The van der Waals surface area contributed by atoms with Crippen LogP contribution in [0.3, 0.4) is 0 Å². The lowest BCUT2D eigenvalue weighted by Gasteiger charge is -2.14. The highest BCUT2D eigenvalue weighted by molar-refractivity contribution is 4.92. The average Bonchev–Trinajstić information content (AvgIpc) is 2.17. The maximum atomic E-state index is 11.3. The zero-order valence-electron chi connectivity index (χ0n) is 8.40. The number of aromatic nitrogens is 2. The van der Waals surface area contributed by atoms with Gasteiger partial charge in [0.1, 0.15) is 0 Å². The average molecular weight is 191 g/mol. The van der Waals surface area contributed by atoms with Gasteiger partial charge in [-0.15, -0.1) is 0 Å². The molecule has 74 valence electrons. The Morgan fingerprint density at radius 1 is 1.64 bits per heavy atom. The second kappa shape index (κ2) is 4.05. The number of nitrogens with zero attached hydrogens (tertiary/aromatic N) is 3. The first kappa shape index (κ1) is 10.5. The Morgan fingerprint density at radius 3 is 2.93 bits per heavy atom. The van der Waals surface area contributed by atoms with Crippen molar-refractivity contribution in [2.24, 2.45) is 5.41 Å². The summed E-state index contributed by atoms with van der Waals surface area (Å²) in [6.07, 6.45) is 3.61. The van der Waals surface area contributed by atoms with Crippen LogP contribution < -0.4 is 5.56 Å². The van der Waals surface area contributed by atoms with Crippen LogP contribution in [0, 0.1) is 16.7 Å². The number of rotatable bonds is 3. The summed E-state index contributed by atoms with van der Waals surface area (Å²) in [7, 11) is 0. The van der Waals surface area contributed by atoms with E-state index in [0.29, 0.717) is 13.0 Å². The smallest absolute Gasteiger partial charge is 0.253 e. The van der Waals surface area contributed by atoms with Gasteiger partial charge in [-0.05, 0) is 20.3 Å². The van der Waals surface area contributed by atoms with Crippen molar-refractivity contribution < 1.29 is 0 Å². The molecular weight excluding hydrogens is 178 g/mol. The Morgan fingerprint density at radius 2 is 2.36 bits per heavy atom. The van der Waals surface area contributed by atoms with E-state index in [0.717, 1.165) is 0 Å². The molecule has 0 fully saturated rings. The lowest BCUT2D eigenvalue weighted by atomic mass is 9.91. The van der Waals surface area contributed by atoms with Gasteiger partial charge >= 0.3 is 0 Å². The molecule has 0 aliphatic carbocycles. The third kappa shape index (κ3) is 2.70. The van der Waals surface area contributed by atoms with Crippen LogP contribution in [-0.2, 0) is 6.54 Å². The molecule has 0 aromatic carbocycles. The minimum absolute atomic E-state index is 0.0752. The van der Waals surface area contributed by atoms with Crippen LogP contribution in [0.25, 0.3) is 0 Å². The van der Waals surface area contributed by atoms with Crippen LogP contribution in [0.15, 0.2) is 23.4 Å². The molecule has 1 rings (SSSR count). The van der Waals surface area contributed by atoms with E-state index in [1.54, 1.807) is 0 Å². The Bertz CT molecular complexity index is 400. The van der Waals surface area contributed by atoms with Crippen molar-refractivity contribution in [3.05, 3.63) is 28.9 Å². The van der Waals surface area contributed by atoms with Gasteiger partial charge in [0.15, 0.2) is 0 Å². The van der Waals surface area contributed by atoms with Crippen LogP contribution in [0.5, 0.6) is 0 Å². The molecule has 0 saturated carbocycles. The van der Waals surface area contributed by atoms with Gasteiger partial charge in [-0.2, -0.15) is 5.26 Å². The van der Waals surface area contributed by atoms with Crippen molar-refractivity contribution in [2.75, 3.05) is 0 Å². The van der Waals surface area contributed by atoms with E-state index in [2.05, 4.69) is 11.1 Å². The van der Waals surface area contributed by atoms with E-state index in [9.17, 15) is 4.79 Å². The van der Waals surface area contributed by atoms with Crippen molar-refractivity contribution in [1.82, 2.24) is 9.55 Å². The Hall–Kier alpha value is -1.63. The fourth-order valence-corrected chi connectivity index (χ4v) is 1.00. The van der Waals surface area contributed by atoms with Crippen LogP contribution in [0.1, 0.15) is 20.3 Å².